The highest BCUT2D eigenvalue weighted by Crippen LogP contribution is 2.77. The summed E-state index contributed by atoms with van der Waals surface area (Å²) in [6, 6.07) is 2.71. The van der Waals surface area contributed by atoms with Gasteiger partial charge in [-0.25, -0.2) is 0 Å². The van der Waals surface area contributed by atoms with Crippen LogP contribution in [0.2, 0.25) is 19.6 Å². The van der Waals surface area contributed by atoms with Crippen LogP contribution in [0, 0.1) is 28.1 Å². The van der Waals surface area contributed by atoms with Gasteiger partial charge in [0.05, 0.1) is 19.3 Å². The molecule has 6 aliphatic rings. The minimum atomic E-state index is -1.91. The van der Waals surface area contributed by atoms with E-state index in [1.54, 1.807) is 0 Å². The lowest BCUT2D eigenvalue weighted by Gasteiger charge is -2.58. The van der Waals surface area contributed by atoms with Gasteiger partial charge in [0, 0.05) is 23.7 Å². The second-order valence-corrected chi connectivity index (χ2v) is 16.8. The maximum Gasteiger partial charge on any atom is 0.185 e. The molecule has 5 fully saturated rings. The van der Waals surface area contributed by atoms with Gasteiger partial charge in [-0.15, -0.1) is 6.58 Å². The molecule has 4 aliphatic carbocycles. The zero-order valence-electron chi connectivity index (χ0n) is 20.1. The largest absolute Gasteiger partial charge is 0.399 e. The maximum absolute atomic E-state index is 10.5. The van der Waals surface area contributed by atoms with Crippen molar-refractivity contribution < 1.29 is 18.6 Å². The summed E-state index contributed by atoms with van der Waals surface area (Å²) in [4.78, 5) is 0. The number of nitrogens with zero attached hydrogens (tertiary/aromatic N) is 1. The fraction of sp³-hybridized carbons (Fsp3) is 0.808. The number of fused-ring (bicyclic) bond motifs is 3. The molecule has 1 spiro atoms. The Balaban J connectivity index is 1.40. The molecule has 2 heterocycles. The molecule has 2 aliphatic heterocycles. The van der Waals surface area contributed by atoms with Gasteiger partial charge in [-0.1, -0.05) is 19.1 Å². The fourth-order valence-electron chi connectivity index (χ4n) is 8.76. The van der Waals surface area contributed by atoms with Crippen molar-refractivity contribution in [3.05, 3.63) is 24.3 Å². The van der Waals surface area contributed by atoms with E-state index >= 15 is 0 Å². The first-order valence-electron chi connectivity index (χ1n) is 12.5. The van der Waals surface area contributed by atoms with Crippen LogP contribution in [0.5, 0.6) is 0 Å². The van der Waals surface area contributed by atoms with Crippen LogP contribution in [0.3, 0.4) is 0 Å². The summed E-state index contributed by atoms with van der Waals surface area (Å²) in [7, 11) is -1.91. The minimum absolute atomic E-state index is 0.130. The zero-order valence-corrected chi connectivity index (χ0v) is 21.1. The van der Waals surface area contributed by atoms with E-state index in [0.29, 0.717) is 19.1 Å². The lowest BCUT2D eigenvalue weighted by Crippen LogP contribution is -2.59. The molecule has 174 valence electrons. The molecule has 6 heteroatoms. The van der Waals surface area contributed by atoms with E-state index < -0.39 is 19.7 Å². The zero-order chi connectivity index (χ0) is 22.7. The third-order valence-electron chi connectivity index (χ3n) is 10.2. The monoisotopic (exact) mass is 455 g/mol. The summed E-state index contributed by atoms with van der Waals surface area (Å²) in [6.07, 6.45) is 12.1. The Labute approximate surface area is 193 Å². The van der Waals surface area contributed by atoms with E-state index in [1.165, 1.54) is 5.57 Å². The van der Waals surface area contributed by atoms with Crippen molar-refractivity contribution in [3.8, 4) is 6.07 Å². The predicted molar refractivity (Wildman–Crippen MR) is 123 cm³/mol. The summed E-state index contributed by atoms with van der Waals surface area (Å²) in [6.45, 7) is 14.7. The molecular formula is C26H37NO4Si. The van der Waals surface area contributed by atoms with Crippen LogP contribution in [0.25, 0.3) is 0 Å². The highest BCUT2D eigenvalue weighted by molar-refractivity contribution is 6.69. The lowest BCUT2D eigenvalue weighted by molar-refractivity contribution is -0.185. The topological polar surface area (TPSA) is 64.0 Å². The van der Waals surface area contributed by atoms with Crippen LogP contribution in [0.1, 0.15) is 58.3 Å². The number of nitriles is 1. The van der Waals surface area contributed by atoms with Crippen molar-refractivity contribution in [1.82, 2.24) is 0 Å². The molecule has 6 rings (SSSR count). The van der Waals surface area contributed by atoms with Gasteiger partial charge in [0.1, 0.15) is 11.2 Å². The molecular weight excluding hydrogens is 418 g/mol. The molecule has 0 N–H and O–H groups in total. The van der Waals surface area contributed by atoms with Gasteiger partial charge < -0.3 is 18.6 Å². The first-order chi connectivity index (χ1) is 15.0. The van der Waals surface area contributed by atoms with Crippen LogP contribution in [-0.4, -0.2) is 44.1 Å². The summed E-state index contributed by atoms with van der Waals surface area (Å²) in [5.74, 6) is -0.0596. The van der Waals surface area contributed by atoms with Gasteiger partial charge in [0.15, 0.2) is 19.7 Å². The Morgan fingerprint density at radius 3 is 2.56 bits per heavy atom. The van der Waals surface area contributed by atoms with E-state index in [1.807, 2.05) is 0 Å². The van der Waals surface area contributed by atoms with Crippen molar-refractivity contribution in [2.24, 2.45) is 16.7 Å². The molecule has 5 nitrogen and oxygen atoms in total. The Morgan fingerprint density at radius 1 is 1.16 bits per heavy atom. The molecule has 0 aromatic rings. The molecule has 0 aromatic carbocycles. The Morgan fingerprint density at radius 2 is 1.91 bits per heavy atom. The van der Waals surface area contributed by atoms with E-state index in [-0.39, 0.29) is 22.0 Å². The molecule has 0 aromatic heterocycles. The molecule has 3 saturated carbocycles. The van der Waals surface area contributed by atoms with Gasteiger partial charge in [-0.05, 0) is 69.7 Å². The normalized spacial score (nSPS) is 50.5. The van der Waals surface area contributed by atoms with Crippen molar-refractivity contribution in [2.75, 3.05) is 13.2 Å². The van der Waals surface area contributed by atoms with Gasteiger partial charge in [0.25, 0.3) is 0 Å². The Bertz CT molecular complexity index is 944. The highest BCUT2D eigenvalue weighted by Gasteiger charge is 2.81. The first-order valence-corrected chi connectivity index (χ1v) is 15.9. The number of rotatable bonds is 3. The third-order valence-corrected chi connectivity index (χ3v) is 11.1. The molecule has 0 radical (unpaired) electrons. The van der Waals surface area contributed by atoms with Crippen LogP contribution >= 0.6 is 0 Å². The molecule has 0 bridgehead atoms. The van der Waals surface area contributed by atoms with Gasteiger partial charge in [0.2, 0.25) is 0 Å². The average molecular weight is 456 g/mol. The SMILES string of the molecule is C=C[C@@]12CC[C@@](C#N)(O[Si](C)(C)C)[C@@]1(C)CC=C1[C@H]2CC[C@@]23CC4(CC[C@@]12O3)OCCO4. The Kier molecular flexibility index (Phi) is 4.16. The molecule has 2 saturated heterocycles. The third kappa shape index (κ3) is 2.33. The molecule has 0 unspecified atom stereocenters. The van der Waals surface area contributed by atoms with E-state index in [9.17, 15) is 5.26 Å². The summed E-state index contributed by atoms with van der Waals surface area (Å²) in [5, 5.41) is 10.5. The summed E-state index contributed by atoms with van der Waals surface area (Å²) >= 11 is 0. The highest BCUT2D eigenvalue weighted by atomic mass is 28.4. The van der Waals surface area contributed by atoms with Crippen molar-refractivity contribution in [2.45, 2.75) is 101 Å². The second kappa shape index (κ2) is 6.17. The van der Waals surface area contributed by atoms with Crippen LogP contribution < -0.4 is 0 Å². The molecule has 32 heavy (non-hydrogen) atoms. The average Bonchev–Trinajstić information content (AvgIpc) is 3.10. The fourth-order valence-corrected chi connectivity index (χ4v) is 10.2. The van der Waals surface area contributed by atoms with Crippen molar-refractivity contribution >= 4 is 8.32 Å². The van der Waals surface area contributed by atoms with Gasteiger partial charge >= 0.3 is 0 Å². The maximum atomic E-state index is 10.5. The van der Waals surface area contributed by atoms with Crippen LogP contribution in [0.15, 0.2) is 24.3 Å². The van der Waals surface area contributed by atoms with E-state index in [2.05, 4.69) is 51.4 Å². The number of allylic oxidation sites excluding steroid dienone is 2. The summed E-state index contributed by atoms with van der Waals surface area (Å²) in [5.41, 5.74) is 0.0421. The van der Waals surface area contributed by atoms with E-state index in [4.69, 9.17) is 18.6 Å². The number of hydrogen-bond acceptors (Lipinski definition) is 5. The van der Waals surface area contributed by atoms with Crippen LogP contribution in [-0.2, 0) is 18.6 Å². The first kappa shape index (κ1) is 21.6. The number of hydrogen-bond donors (Lipinski definition) is 0. The quantitative estimate of drug-likeness (QED) is 0.330. The van der Waals surface area contributed by atoms with Crippen LogP contribution in [0.4, 0.5) is 0 Å². The minimum Gasteiger partial charge on any atom is -0.399 e. The van der Waals surface area contributed by atoms with Gasteiger partial charge in [-0.3, -0.25) is 0 Å². The van der Waals surface area contributed by atoms with Crippen molar-refractivity contribution in [1.29, 1.82) is 5.26 Å². The second-order valence-electron chi connectivity index (χ2n) is 12.4. The number of ether oxygens (including phenoxy) is 3. The van der Waals surface area contributed by atoms with E-state index in [0.717, 1.165) is 51.4 Å². The lowest BCUT2D eigenvalue weighted by atomic mass is 9.46. The number of epoxide rings is 1. The Hall–Kier alpha value is -0.973. The molecule has 6 atom stereocenters. The predicted octanol–water partition coefficient (Wildman–Crippen LogP) is 5.25. The molecule has 0 amide bonds. The smallest absolute Gasteiger partial charge is 0.185 e. The standard InChI is InChI=1S/C26H37NO4Si/c1-6-22-11-12-24(18-27,31-32(3,4)5)21(22,2)9-7-20-19(22)8-10-23-17-25(28-15-16-29-25)13-14-26(20,23)30-23/h6-7,19H,1,8-17H2,2-5H3/t19-,21+,22+,23-,24+,26-/m1/s1. The van der Waals surface area contributed by atoms with Crippen molar-refractivity contribution in [3.63, 3.8) is 0 Å². The van der Waals surface area contributed by atoms with Gasteiger partial charge in [-0.2, -0.15) is 5.26 Å². The summed E-state index contributed by atoms with van der Waals surface area (Å²) < 4.78 is 25.7.